The first-order valence-electron chi connectivity index (χ1n) is 6.63. The fourth-order valence-electron chi connectivity index (χ4n) is 1.84. The molecule has 0 aromatic carbocycles. The quantitative estimate of drug-likeness (QED) is 0.761. The molecule has 1 aromatic rings. The van der Waals surface area contributed by atoms with Crippen LogP contribution in [0.5, 0.6) is 0 Å². The highest BCUT2D eigenvalue weighted by Crippen LogP contribution is 2.23. The van der Waals surface area contributed by atoms with Crippen LogP contribution in [0, 0.1) is 5.92 Å². The minimum absolute atomic E-state index is 0.309. The van der Waals surface area contributed by atoms with E-state index in [1.807, 2.05) is 0 Å². The van der Waals surface area contributed by atoms with Gasteiger partial charge in [0.15, 0.2) is 0 Å². The zero-order valence-corrected chi connectivity index (χ0v) is 12.7. The van der Waals surface area contributed by atoms with E-state index in [1.54, 1.807) is 11.3 Å². The third kappa shape index (κ3) is 5.48. The van der Waals surface area contributed by atoms with Gasteiger partial charge in [-0.2, -0.15) is 0 Å². The molecule has 1 heterocycles. The lowest BCUT2D eigenvalue weighted by Crippen LogP contribution is -2.38. The lowest BCUT2D eigenvalue weighted by atomic mass is 10.2. The molecule has 2 N–H and O–H groups in total. The lowest BCUT2D eigenvalue weighted by molar-refractivity contribution is 0.107. The van der Waals surface area contributed by atoms with E-state index in [0.29, 0.717) is 25.0 Å². The van der Waals surface area contributed by atoms with Crippen molar-refractivity contribution >= 4 is 11.3 Å². The van der Waals surface area contributed by atoms with Gasteiger partial charge in [-0.3, -0.25) is 4.90 Å². The summed E-state index contributed by atoms with van der Waals surface area (Å²) in [6.07, 6.45) is -0.309. The molecule has 2 unspecified atom stereocenters. The van der Waals surface area contributed by atoms with Crippen molar-refractivity contribution in [2.24, 2.45) is 5.92 Å². The van der Waals surface area contributed by atoms with Gasteiger partial charge in [-0.25, -0.2) is 0 Å². The highest BCUT2D eigenvalue weighted by molar-refractivity contribution is 7.10. The van der Waals surface area contributed by atoms with E-state index >= 15 is 0 Å². The van der Waals surface area contributed by atoms with E-state index in [1.165, 1.54) is 4.88 Å². The van der Waals surface area contributed by atoms with Crippen molar-refractivity contribution in [1.29, 1.82) is 0 Å². The van der Waals surface area contributed by atoms with Crippen LogP contribution in [0.3, 0.4) is 0 Å². The second kappa shape index (κ2) is 7.89. The van der Waals surface area contributed by atoms with Crippen LogP contribution in [-0.2, 0) is 0 Å². The highest BCUT2D eigenvalue weighted by atomic mass is 32.1. The summed E-state index contributed by atoms with van der Waals surface area (Å²) < 4.78 is 0. The molecule has 4 heteroatoms. The maximum atomic E-state index is 9.98. The predicted molar refractivity (Wildman–Crippen MR) is 79.1 cm³/mol. The van der Waals surface area contributed by atoms with Gasteiger partial charge in [0.1, 0.15) is 0 Å². The van der Waals surface area contributed by atoms with Crippen LogP contribution in [0.15, 0.2) is 17.5 Å². The fraction of sp³-hybridized carbons (Fsp3) is 0.714. The van der Waals surface area contributed by atoms with Crippen molar-refractivity contribution in [1.82, 2.24) is 10.2 Å². The van der Waals surface area contributed by atoms with Crippen molar-refractivity contribution in [3.63, 3.8) is 0 Å². The second-order valence-electron chi connectivity index (χ2n) is 5.34. The number of thiophene rings is 1. The Hall–Kier alpha value is -0.420. The van der Waals surface area contributed by atoms with Crippen LogP contribution >= 0.6 is 11.3 Å². The summed E-state index contributed by atoms with van der Waals surface area (Å²) in [7, 11) is 2.07. The fourth-order valence-corrected chi connectivity index (χ4v) is 2.69. The summed E-state index contributed by atoms with van der Waals surface area (Å²) in [6, 6.07) is 4.59. The first-order valence-corrected chi connectivity index (χ1v) is 7.51. The molecule has 1 aromatic heterocycles. The lowest BCUT2D eigenvalue weighted by Gasteiger charge is -2.26. The molecule has 18 heavy (non-hydrogen) atoms. The second-order valence-corrected chi connectivity index (χ2v) is 6.32. The molecule has 0 fully saturated rings. The Balaban J connectivity index is 2.28. The average molecular weight is 270 g/mol. The van der Waals surface area contributed by atoms with Gasteiger partial charge in [-0.15, -0.1) is 11.3 Å². The number of rotatable bonds is 8. The van der Waals surface area contributed by atoms with Gasteiger partial charge in [-0.05, 0) is 37.9 Å². The van der Waals surface area contributed by atoms with Crippen LogP contribution < -0.4 is 5.32 Å². The standard InChI is InChI=1S/C14H26N2OS/c1-11(2)8-15-9-13(17)10-16(4)12(3)14-6-5-7-18-14/h5-7,11-13,15,17H,8-10H2,1-4H3. The molecule has 1 rings (SSSR count). The Kier molecular flexibility index (Phi) is 6.86. The number of likely N-dealkylation sites (N-methyl/N-ethyl adjacent to an activating group) is 1. The molecule has 104 valence electrons. The van der Waals surface area contributed by atoms with Gasteiger partial charge < -0.3 is 10.4 Å². The summed E-state index contributed by atoms with van der Waals surface area (Å²) in [5, 5.41) is 15.4. The van der Waals surface area contributed by atoms with Crippen molar-refractivity contribution in [2.75, 3.05) is 26.7 Å². The molecular formula is C14H26N2OS. The molecule has 0 saturated carbocycles. The Morgan fingerprint density at radius 3 is 2.61 bits per heavy atom. The highest BCUT2D eigenvalue weighted by Gasteiger charge is 2.15. The summed E-state index contributed by atoms with van der Waals surface area (Å²) in [5.41, 5.74) is 0. The first kappa shape index (κ1) is 15.6. The average Bonchev–Trinajstić information content (AvgIpc) is 2.80. The van der Waals surface area contributed by atoms with Crippen molar-refractivity contribution < 1.29 is 5.11 Å². The van der Waals surface area contributed by atoms with Gasteiger partial charge in [0.05, 0.1) is 6.10 Å². The maximum Gasteiger partial charge on any atom is 0.0791 e. The molecule has 0 aliphatic heterocycles. The molecule has 0 spiro atoms. The summed E-state index contributed by atoms with van der Waals surface area (Å²) in [6.45, 7) is 8.85. The normalized spacial score (nSPS) is 15.3. The molecule has 0 amide bonds. The van der Waals surface area contributed by atoms with E-state index in [-0.39, 0.29) is 6.10 Å². The van der Waals surface area contributed by atoms with Gasteiger partial charge in [0, 0.05) is 24.0 Å². The topological polar surface area (TPSA) is 35.5 Å². The molecule has 0 bridgehead atoms. The zero-order valence-electron chi connectivity index (χ0n) is 11.9. The SMILES string of the molecule is CC(C)CNCC(O)CN(C)C(C)c1cccs1. The van der Waals surface area contributed by atoms with E-state index in [2.05, 4.69) is 55.5 Å². The smallest absolute Gasteiger partial charge is 0.0791 e. The van der Waals surface area contributed by atoms with E-state index < -0.39 is 0 Å². The third-order valence-corrected chi connectivity index (χ3v) is 4.09. The molecular weight excluding hydrogens is 244 g/mol. The third-order valence-electron chi connectivity index (χ3n) is 3.05. The number of nitrogens with one attached hydrogen (secondary N) is 1. The van der Waals surface area contributed by atoms with Crippen LogP contribution in [0.4, 0.5) is 0 Å². The van der Waals surface area contributed by atoms with Crippen LogP contribution in [0.25, 0.3) is 0 Å². The Morgan fingerprint density at radius 1 is 1.33 bits per heavy atom. The first-order chi connectivity index (χ1) is 8.50. The predicted octanol–water partition coefficient (Wildman–Crippen LogP) is 2.35. The maximum absolute atomic E-state index is 9.98. The van der Waals surface area contributed by atoms with E-state index in [4.69, 9.17) is 0 Å². The molecule has 0 radical (unpaired) electrons. The monoisotopic (exact) mass is 270 g/mol. The van der Waals surface area contributed by atoms with E-state index in [0.717, 1.165) is 6.54 Å². The molecule has 0 aliphatic carbocycles. The van der Waals surface area contributed by atoms with Crippen molar-refractivity contribution in [2.45, 2.75) is 32.9 Å². The van der Waals surface area contributed by atoms with Gasteiger partial charge in [0.2, 0.25) is 0 Å². The summed E-state index contributed by atoms with van der Waals surface area (Å²) in [5.74, 6) is 0.625. The Labute approximate surface area is 115 Å². The summed E-state index contributed by atoms with van der Waals surface area (Å²) in [4.78, 5) is 3.55. The van der Waals surface area contributed by atoms with E-state index in [9.17, 15) is 5.11 Å². The molecule has 0 aliphatic rings. The van der Waals surface area contributed by atoms with Gasteiger partial charge >= 0.3 is 0 Å². The zero-order chi connectivity index (χ0) is 13.5. The van der Waals surface area contributed by atoms with Crippen LogP contribution in [-0.4, -0.2) is 42.8 Å². The van der Waals surface area contributed by atoms with Gasteiger partial charge in [0.25, 0.3) is 0 Å². The number of nitrogens with zero attached hydrogens (tertiary/aromatic N) is 1. The van der Waals surface area contributed by atoms with Crippen LogP contribution in [0.2, 0.25) is 0 Å². The minimum atomic E-state index is -0.309. The van der Waals surface area contributed by atoms with Gasteiger partial charge in [-0.1, -0.05) is 19.9 Å². The molecule has 2 atom stereocenters. The van der Waals surface area contributed by atoms with Crippen molar-refractivity contribution in [3.8, 4) is 0 Å². The largest absolute Gasteiger partial charge is 0.390 e. The molecule has 0 saturated heterocycles. The summed E-state index contributed by atoms with van der Waals surface area (Å²) >= 11 is 1.77. The Morgan fingerprint density at radius 2 is 2.06 bits per heavy atom. The number of aliphatic hydroxyl groups excluding tert-OH is 1. The van der Waals surface area contributed by atoms with Crippen LogP contribution in [0.1, 0.15) is 31.7 Å². The number of aliphatic hydroxyl groups is 1. The minimum Gasteiger partial charge on any atom is -0.390 e. The number of hydrogen-bond donors (Lipinski definition) is 2. The Bertz CT molecular complexity index is 314. The van der Waals surface area contributed by atoms with Crippen molar-refractivity contribution in [3.05, 3.63) is 22.4 Å². The number of hydrogen-bond acceptors (Lipinski definition) is 4. The molecule has 3 nitrogen and oxygen atoms in total.